The maximum absolute atomic E-state index is 3.62. The first-order valence-corrected chi connectivity index (χ1v) is 7.38. The summed E-state index contributed by atoms with van der Waals surface area (Å²) in [5.41, 5.74) is 2.84. The number of hydrogen-bond acceptors (Lipinski definition) is 2. The van der Waals surface area contributed by atoms with Crippen LogP contribution < -0.4 is 10.6 Å². The number of fused-ring (bicyclic) bond motifs is 1. The second-order valence-corrected chi connectivity index (χ2v) is 5.34. The van der Waals surface area contributed by atoms with Crippen molar-refractivity contribution >= 4 is 5.69 Å². The minimum Gasteiger partial charge on any atom is -0.384 e. The number of nitrogens with one attached hydrogen (secondary N) is 2. The molecule has 2 nitrogen and oxygen atoms in total. The van der Waals surface area contributed by atoms with Gasteiger partial charge in [0.25, 0.3) is 0 Å². The van der Waals surface area contributed by atoms with E-state index in [0.717, 1.165) is 19.0 Å². The van der Waals surface area contributed by atoms with E-state index in [1.807, 2.05) is 0 Å². The molecular weight excluding hydrogens is 220 g/mol. The Labute approximate surface area is 111 Å². The molecule has 1 aromatic rings. The summed E-state index contributed by atoms with van der Waals surface area (Å²) in [7, 11) is 0. The summed E-state index contributed by atoms with van der Waals surface area (Å²) < 4.78 is 0. The number of anilines is 1. The lowest BCUT2D eigenvalue weighted by molar-refractivity contribution is 0.442. The van der Waals surface area contributed by atoms with Crippen LogP contribution in [0.15, 0.2) is 24.3 Å². The van der Waals surface area contributed by atoms with Crippen molar-refractivity contribution in [2.75, 3.05) is 25.0 Å². The number of hydrogen-bond donors (Lipinski definition) is 2. The number of benzene rings is 1. The third kappa shape index (κ3) is 3.26. The average molecular weight is 246 g/mol. The highest BCUT2D eigenvalue weighted by atomic mass is 14.9. The maximum atomic E-state index is 3.62. The highest BCUT2D eigenvalue weighted by molar-refractivity contribution is 5.57. The van der Waals surface area contributed by atoms with Crippen molar-refractivity contribution in [3.8, 4) is 0 Å². The summed E-state index contributed by atoms with van der Waals surface area (Å²) in [6.07, 6.45) is 3.82. The van der Waals surface area contributed by atoms with E-state index in [4.69, 9.17) is 0 Å². The highest BCUT2D eigenvalue weighted by Gasteiger charge is 2.20. The van der Waals surface area contributed by atoms with Crippen LogP contribution in [0.1, 0.15) is 44.6 Å². The molecular formula is C16H26N2. The Morgan fingerprint density at radius 3 is 2.83 bits per heavy atom. The summed E-state index contributed by atoms with van der Waals surface area (Å²) in [4.78, 5) is 0. The fourth-order valence-corrected chi connectivity index (χ4v) is 2.77. The van der Waals surface area contributed by atoms with Gasteiger partial charge < -0.3 is 10.6 Å². The maximum Gasteiger partial charge on any atom is 0.0376 e. The van der Waals surface area contributed by atoms with Gasteiger partial charge in [-0.2, -0.15) is 0 Å². The van der Waals surface area contributed by atoms with Gasteiger partial charge in [-0.1, -0.05) is 44.9 Å². The van der Waals surface area contributed by atoms with E-state index in [9.17, 15) is 0 Å². The fourth-order valence-electron chi connectivity index (χ4n) is 2.77. The molecule has 1 aromatic carbocycles. The molecule has 0 spiro atoms. The molecule has 1 aliphatic heterocycles. The fraction of sp³-hybridized carbons (Fsp3) is 0.625. The summed E-state index contributed by atoms with van der Waals surface area (Å²) in [6.45, 7) is 7.98. The van der Waals surface area contributed by atoms with E-state index in [1.54, 1.807) is 0 Å². The van der Waals surface area contributed by atoms with Crippen LogP contribution in [0.5, 0.6) is 0 Å². The zero-order valence-electron chi connectivity index (χ0n) is 11.7. The lowest BCUT2D eigenvalue weighted by Gasteiger charge is -2.15. The van der Waals surface area contributed by atoms with Crippen molar-refractivity contribution in [1.82, 2.24) is 5.32 Å². The van der Waals surface area contributed by atoms with Gasteiger partial charge in [-0.3, -0.25) is 0 Å². The quantitative estimate of drug-likeness (QED) is 0.718. The summed E-state index contributed by atoms with van der Waals surface area (Å²) in [5, 5.41) is 7.11. The number of rotatable bonds is 7. The molecule has 18 heavy (non-hydrogen) atoms. The van der Waals surface area contributed by atoms with Crippen LogP contribution in [0.3, 0.4) is 0 Å². The molecule has 0 aliphatic carbocycles. The zero-order chi connectivity index (χ0) is 12.8. The van der Waals surface area contributed by atoms with Gasteiger partial charge in [-0.25, -0.2) is 0 Å². The zero-order valence-corrected chi connectivity index (χ0v) is 11.7. The van der Waals surface area contributed by atoms with Crippen LogP contribution in [-0.2, 0) is 0 Å². The Hall–Kier alpha value is -1.02. The molecule has 2 N–H and O–H groups in total. The molecule has 1 heterocycles. The van der Waals surface area contributed by atoms with E-state index in [2.05, 4.69) is 48.7 Å². The Balaban J connectivity index is 1.72. The van der Waals surface area contributed by atoms with Gasteiger partial charge in [-0.05, 0) is 37.1 Å². The molecule has 0 saturated heterocycles. The van der Waals surface area contributed by atoms with Crippen molar-refractivity contribution in [2.24, 2.45) is 5.92 Å². The van der Waals surface area contributed by atoms with Gasteiger partial charge in [0.05, 0.1) is 0 Å². The van der Waals surface area contributed by atoms with Crippen molar-refractivity contribution in [1.29, 1.82) is 0 Å². The van der Waals surface area contributed by atoms with Gasteiger partial charge in [0.1, 0.15) is 0 Å². The van der Waals surface area contributed by atoms with Crippen LogP contribution in [0.4, 0.5) is 5.69 Å². The first-order valence-electron chi connectivity index (χ1n) is 7.38. The van der Waals surface area contributed by atoms with E-state index in [1.165, 1.54) is 37.1 Å². The van der Waals surface area contributed by atoms with E-state index in [-0.39, 0.29) is 0 Å². The van der Waals surface area contributed by atoms with Gasteiger partial charge in [-0.15, -0.1) is 0 Å². The summed E-state index contributed by atoms with van der Waals surface area (Å²) >= 11 is 0. The van der Waals surface area contributed by atoms with Crippen molar-refractivity contribution in [2.45, 2.75) is 39.0 Å². The second kappa shape index (κ2) is 6.79. The van der Waals surface area contributed by atoms with Crippen LogP contribution in [-0.4, -0.2) is 19.6 Å². The lowest BCUT2D eigenvalue weighted by Crippen LogP contribution is -2.24. The Kier molecular flexibility index (Phi) is 5.06. The largest absolute Gasteiger partial charge is 0.384 e. The SMILES string of the molecule is CCC(CC)CNCCC1CNc2ccccc21. The predicted octanol–water partition coefficient (Wildman–Crippen LogP) is 3.61. The molecule has 2 rings (SSSR count). The third-order valence-electron chi connectivity index (χ3n) is 4.20. The number of para-hydroxylation sites is 1. The van der Waals surface area contributed by atoms with Crippen LogP contribution >= 0.6 is 0 Å². The molecule has 2 heteroatoms. The minimum atomic E-state index is 0.690. The average Bonchev–Trinajstić information content (AvgIpc) is 2.82. The molecule has 1 aliphatic rings. The Morgan fingerprint density at radius 2 is 2.06 bits per heavy atom. The molecule has 0 amide bonds. The molecule has 0 bridgehead atoms. The highest BCUT2D eigenvalue weighted by Crippen LogP contribution is 2.32. The van der Waals surface area contributed by atoms with E-state index < -0.39 is 0 Å². The Bertz CT molecular complexity index is 358. The first-order chi connectivity index (χ1) is 8.85. The van der Waals surface area contributed by atoms with Gasteiger partial charge in [0.2, 0.25) is 0 Å². The second-order valence-electron chi connectivity index (χ2n) is 5.34. The Morgan fingerprint density at radius 1 is 1.28 bits per heavy atom. The van der Waals surface area contributed by atoms with E-state index in [0.29, 0.717) is 5.92 Å². The molecule has 1 unspecified atom stereocenters. The molecule has 0 fully saturated rings. The monoisotopic (exact) mass is 246 g/mol. The molecule has 0 radical (unpaired) electrons. The van der Waals surface area contributed by atoms with Gasteiger partial charge >= 0.3 is 0 Å². The smallest absolute Gasteiger partial charge is 0.0376 e. The molecule has 0 aromatic heterocycles. The third-order valence-corrected chi connectivity index (χ3v) is 4.20. The van der Waals surface area contributed by atoms with Crippen molar-refractivity contribution in [3.05, 3.63) is 29.8 Å². The van der Waals surface area contributed by atoms with Crippen LogP contribution in [0.2, 0.25) is 0 Å². The minimum absolute atomic E-state index is 0.690. The summed E-state index contributed by atoms with van der Waals surface area (Å²) in [5.74, 6) is 1.54. The van der Waals surface area contributed by atoms with Gasteiger partial charge in [0, 0.05) is 18.2 Å². The molecule has 1 atom stereocenters. The topological polar surface area (TPSA) is 24.1 Å². The van der Waals surface area contributed by atoms with Crippen LogP contribution in [0, 0.1) is 5.92 Å². The normalized spacial score (nSPS) is 17.8. The van der Waals surface area contributed by atoms with Crippen molar-refractivity contribution < 1.29 is 0 Å². The molecule has 100 valence electrons. The van der Waals surface area contributed by atoms with Gasteiger partial charge in [0.15, 0.2) is 0 Å². The van der Waals surface area contributed by atoms with Crippen molar-refractivity contribution in [3.63, 3.8) is 0 Å². The molecule has 0 saturated carbocycles. The van der Waals surface area contributed by atoms with E-state index >= 15 is 0 Å². The summed E-state index contributed by atoms with van der Waals surface area (Å²) in [6, 6.07) is 8.71. The standard InChI is InChI=1S/C16H26N2/c1-3-13(4-2)11-17-10-9-14-12-18-16-8-6-5-7-15(14)16/h5-8,13-14,17-18H,3-4,9-12H2,1-2H3. The first kappa shape index (κ1) is 13.4. The lowest BCUT2D eigenvalue weighted by atomic mass is 9.97. The van der Waals surface area contributed by atoms with Crippen LogP contribution in [0.25, 0.3) is 0 Å². The predicted molar refractivity (Wildman–Crippen MR) is 79.2 cm³/mol.